The average Bonchev–Trinajstić information content (AvgIpc) is 2.98. The van der Waals surface area contributed by atoms with Crippen LogP contribution in [0, 0.1) is 13.8 Å². The molecule has 0 fully saturated rings. The number of aromatic amines is 1. The Balaban J connectivity index is 1.55. The van der Waals surface area contributed by atoms with E-state index < -0.39 is 0 Å². The SMILES string of the molecule is Cc1n[nH]c(C)c1CCC(=O)N1CCc2nc3ccc(Cl)cn3c(=O)c2C1. The molecule has 27 heavy (non-hydrogen) atoms. The van der Waals surface area contributed by atoms with Crippen LogP contribution in [0.1, 0.15) is 34.6 Å². The molecule has 0 saturated heterocycles. The summed E-state index contributed by atoms with van der Waals surface area (Å²) in [5, 5.41) is 7.59. The number of pyridine rings is 1. The van der Waals surface area contributed by atoms with Crippen molar-refractivity contribution in [1.29, 1.82) is 0 Å². The molecule has 1 aliphatic heterocycles. The lowest BCUT2D eigenvalue weighted by Crippen LogP contribution is -2.40. The number of aromatic nitrogens is 4. The van der Waals surface area contributed by atoms with Crippen LogP contribution in [0.3, 0.4) is 0 Å². The molecule has 1 N–H and O–H groups in total. The highest BCUT2D eigenvalue weighted by atomic mass is 35.5. The van der Waals surface area contributed by atoms with Crippen LogP contribution >= 0.6 is 11.6 Å². The molecule has 0 aliphatic carbocycles. The second-order valence-electron chi connectivity index (χ2n) is 6.90. The Morgan fingerprint density at radius 1 is 1.33 bits per heavy atom. The molecule has 1 amide bonds. The van der Waals surface area contributed by atoms with Gasteiger partial charge in [-0.15, -0.1) is 0 Å². The lowest BCUT2D eigenvalue weighted by molar-refractivity contribution is -0.132. The summed E-state index contributed by atoms with van der Waals surface area (Å²) in [6, 6.07) is 3.45. The number of fused-ring (bicyclic) bond motifs is 2. The highest BCUT2D eigenvalue weighted by molar-refractivity contribution is 6.30. The smallest absolute Gasteiger partial charge is 0.263 e. The van der Waals surface area contributed by atoms with Gasteiger partial charge in [-0.25, -0.2) is 4.98 Å². The third-order valence-corrected chi connectivity index (χ3v) is 5.38. The van der Waals surface area contributed by atoms with Crippen molar-refractivity contribution < 1.29 is 4.79 Å². The number of halogens is 1. The van der Waals surface area contributed by atoms with Crippen LogP contribution in [0.2, 0.25) is 5.02 Å². The summed E-state index contributed by atoms with van der Waals surface area (Å²) >= 11 is 6.01. The third-order valence-electron chi connectivity index (χ3n) is 5.16. The van der Waals surface area contributed by atoms with E-state index in [1.165, 1.54) is 4.40 Å². The van der Waals surface area contributed by atoms with Gasteiger partial charge in [-0.05, 0) is 38.0 Å². The molecule has 0 bridgehead atoms. The van der Waals surface area contributed by atoms with Gasteiger partial charge in [0.25, 0.3) is 5.56 Å². The maximum Gasteiger partial charge on any atom is 0.263 e. The number of rotatable bonds is 3. The van der Waals surface area contributed by atoms with Gasteiger partial charge in [0.1, 0.15) is 5.65 Å². The van der Waals surface area contributed by atoms with Gasteiger partial charge in [0.2, 0.25) is 5.91 Å². The van der Waals surface area contributed by atoms with Crippen LogP contribution in [0.5, 0.6) is 0 Å². The molecular formula is C19H20ClN5O2. The fraction of sp³-hybridized carbons (Fsp3) is 0.368. The van der Waals surface area contributed by atoms with Crippen LogP contribution in [0.4, 0.5) is 0 Å². The van der Waals surface area contributed by atoms with E-state index in [0.717, 1.165) is 22.6 Å². The zero-order valence-corrected chi connectivity index (χ0v) is 16.0. The Labute approximate surface area is 161 Å². The highest BCUT2D eigenvalue weighted by Crippen LogP contribution is 2.19. The molecule has 7 nitrogen and oxygen atoms in total. The summed E-state index contributed by atoms with van der Waals surface area (Å²) in [5.41, 5.74) is 4.77. The summed E-state index contributed by atoms with van der Waals surface area (Å²) in [7, 11) is 0. The van der Waals surface area contributed by atoms with E-state index >= 15 is 0 Å². The molecule has 0 spiro atoms. The molecule has 0 radical (unpaired) electrons. The molecule has 1 aliphatic rings. The number of carbonyl (C=O) groups is 1. The number of nitrogens with zero attached hydrogens (tertiary/aromatic N) is 4. The van der Waals surface area contributed by atoms with E-state index in [1.807, 2.05) is 13.8 Å². The summed E-state index contributed by atoms with van der Waals surface area (Å²) in [6.45, 7) is 4.76. The first-order valence-electron chi connectivity index (χ1n) is 8.92. The normalized spacial score (nSPS) is 13.8. The van der Waals surface area contributed by atoms with Crippen molar-refractivity contribution in [2.24, 2.45) is 0 Å². The number of amides is 1. The first-order chi connectivity index (χ1) is 12.9. The number of nitrogens with one attached hydrogen (secondary N) is 1. The van der Waals surface area contributed by atoms with Crippen LogP contribution in [0.25, 0.3) is 5.65 Å². The Bertz CT molecular complexity index is 1080. The summed E-state index contributed by atoms with van der Waals surface area (Å²) < 4.78 is 1.45. The van der Waals surface area contributed by atoms with Gasteiger partial charge in [-0.3, -0.25) is 19.1 Å². The van der Waals surface area contributed by atoms with E-state index in [1.54, 1.807) is 23.2 Å². The van der Waals surface area contributed by atoms with Crippen LogP contribution in [-0.2, 0) is 24.2 Å². The van der Waals surface area contributed by atoms with Gasteiger partial charge >= 0.3 is 0 Å². The van der Waals surface area contributed by atoms with Gasteiger partial charge in [-0.1, -0.05) is 11.6 Å². The minimum absolute atomic E-state index is 0.0382. The third kappa shape index (κ3) is 3.23. The predicted molar refractivity (Wildman–Crippen MR) is 102 cm³/mol. The Morgan fingerprint density at radius 2 is 2.15 bits per heavy atom. The number of hydrogen-bond acceptors (Lipinski definition) is 4. The lowest BCUT2D eigenvalue weighted by Gasteiger charge is -2.28. The fourth-order valence-electron chi connectivity index (χ4n) is 3.62. The second kappa shape index (κ2) is 6.81. The van der Waals surface area contributed by atoms with Crippen molar-refractivity contribution in [3.63, 3.8) is 0 Å². The van der Waals surface area contributed by atoms with E-state index in [0.29, 0.717) is 48.6 Å². The average molecular weight is 386 g/mol. The first-order valence-corrected chi connectivity index (χ1v) is 9.29. The fourth-order valence-corrected chi connectivity index (χ4v) is 3.78. The van der Waals surface area contributed by atoms with Crippen molar-refractivity contribution in [3.8, 4) is 0 Å². The van der Waals surface area contributed by atoms with Crippen molar-refractivity contribution >= 4 is 23.2 Å². The van der Waals surface area contributed by atoms with Gasteiger partial charge < -0.3 is 4.90 Å². The van der Waals surface area contributed by atoms with Gasteiger partial charge in [-0.2, -0.15) is 5.10 Å². The molecule has 8 heteroatoms. The molecular weight excluding hydrogens is 366 g/mol. The van der Waals surface area contributed by atoms with E-state index in [-0.39, 0.29) is 11.5 Å². The summed E-state index contributed by atoms with van der Waals surface area (Å²) in [4.78, 5) is 31.9. The molecule has 0 aromatic carbocycles. The number of hydrogen-bond donors (Lipinski definition) is 1. The topological polar surface area (TPSA) is 83.4 Å². The van der Waals surface area contributed by atoms with E-state index in [2.05, 4.69) is 15.2 Å². The summed E-state index contributed by atoms with van der Waals surface area (Å²) in [6.07, 6.45) is 3.18. The van der Waals surface area contributed by atoms with Crippen LogP contribution < -0.4 is 5.56 Å². The second-order valence-corrected chi connectivity index (χ2v) is 7.33. The van der Waals surface area contributed by atoms with Crippen molar-refractivity contribution in [2.45, 2.75) is 39.7 Å². The molecule has 3 aromatic rings. The molecule has 0 unspecified atom stereocenters. The largest absolute Gasteiger partial charge is 0.338 e. The Hall–Kier alpha value is -2.67. The zero-order chi connectivity index (χ0) is 19.1. The van der Waals surface area contributed by atoms with Crippen molar-refractivity contribution in [1.82, 2.24) is 24.5 Å². The van der Waals surface area contributed by atoms with Crippen LogP contribution in [0.15, 0.2) is 23.1 Å². The molecule has 3 aromatic heterocycles. The molecule has 0 atom stereocenters. The van der Waals surface area contributed by atoms with Crippen molar-refractivity contribution in [2.75, 3.05) is 6.54 Å². The minimum atomic E-state index is -0.156. The van der Waals surface area contributed by atoms with Gasteiger partial charge in [0.15, 0.2) is 0 Å². The van der Waals surface area contributed by atoms with Gasteiger partial charge in [0.05, 0.1) is 28.5 Å². The van der Waals surface area contributed by atoms with Gasteiger partial charge in [0, 0.05) is 31.3 Å². The zero-order valence-electron chi connectivity index (χ0n) is 15.3. The number of H-pyrrole nitrogens is 1. The quantitative estimate of drug-likeness (QED) is 0.749. The lowest BCUT2D eigenvalue weighted by atomic mass is 10.0. The van der Waals surface area contributed by atoms with Crippen molar-refractivity contribution in [3.05, 3.63) is 61.9 Å². The Kier molecular flexibility index (Phi) is 4.47. The predicted octanol–water partition coefficient (Wildman–Crippen LogP) is 2.21. The van der Waals surface area contributed by atoms with E-state index in [4.69, 9.17) is 11.6 Å². The standard InChI is InChI=1S/C19H20ClN5O2/c1-11-14(12(2)23-22-11)4-6-18(26)24-8-7-16-15(10-24)19(27)25-9-13(20)3-5-17(25)21-16/h3,5,9H,4,6-8,10H2,1-2H3,(H,22,23). The molecule has 4 heterocycles. The highest BCUT2D eigenvalue weighted by Gasteiger charge is 2.25. The monoisotopic (exact) mass is 385 g/mol. The van der Waals surface area contributed by atoms with Crippen LogP contribution in [-0.4, -0.2) is 36.9 Å². The number of carbonyl (C=O) groups excluding carboxylic acids is 1. The molecule has 4 rings (SSSR count). The maximum absolute atomic E-state index is 12.8. The van der Waals surface area contributed by atoms with E-state index in [9.17, 15) is 9.59 Å². The summed E-state index contributed by atoms with van der Waals surface area (Å²) in [5.74, 6) is 0.0382. The Morgan fingerprint density at radius 3 is 2.89 bits per heavy atom. The maximum atomic E-state index is 12.8. The minimum Gasteiger partial charge on any atom is -0.338 e. The first kappa shape index (κ1) is 17.7. The molecule has 0 saturated carbocycles. The number of aryl methyl sites for hydroxylation is 2. The molecule has 140 valence electrons.